The summed E-state index contributed by atoms with van der Waals surface area (Å²) in [5, 5.41) is 0.664. The van der Waals surface area contributed by atoms with Crippen LogP contribution in [0.4, 0.5) is 10.5 Å². The number of fused-ring (bicyclic) bond motifs is 1. The number of carbonyl (C=O) groups is 5. The van der Waals surface area contributed by atoms with Crippen molar-refractivity contribution in [2.75, 3.05) is 64.5 Å². The number of rotatable bonds is 10. The molecule has 2 aliphatic rings. The predicted octanol–water partition coefficient (Wildman–Crippen LogP) is 2.45. The first-order chi connectivity index (χ1) is 21.2. The Bertz CT molecular complexity index is 1390. The van der Waals surface area contributed by atoms with E-state index in [0.717, 1.165) is 0 Å². The van der Waals surface area contributed by atoms with Crippen LogP contribution in [0.15, 0.2) is 24.3 Å². The van der Waals surface area contributed by atoms with Crippen molar-refractivity contribution in [3.8, 4) is 0 Å². The Morgan fingerprint density at radius 3 is 2.32 bits per heavy atom. The minimum Gasteiger partial charge on any atom is -0.469 e. The molecule has 2 unspecified atom stereocenters. The van der Waals surface area contributed by atoms with Gasteiger partial charge < -0.3 is 34.6 Å². The summed E-state index contributed by atoms with van der Waals surface area (Å²) in [5.74, 6) is -3.31. The van der Waals surface area contributed by atoms with Crippen molar-refractivity contribution in [2.45, 2.75) is 45.4 Å². The van der Waals surface area contributed by atoms with E-state index in [2.05, 4.69) is 0 Å². The van der Waals surface area contributed by atoms with Gasteiger partial charge in [-0.1, -0.05) is 18.2 Å². The number of pyridine rings is 1. The minimum atomic E-state index is -1.00. The summed E-state index contributed by atoms with van der Waals surface area (Å²) in [7, 11) is 1.27. The minimum absolute atomic E-state index is 0.0279. The molecule has 2 atom stereocenters. The first-order valence-electron chi connectivity index (χ1n) is 15.1. The van der Waals surface area contributed by atoms with E-state index < -0.39 is 29.8 Å². The molecule has 0 spiro atoms. The van der Waals surface area contributed by atoms with Crippen molar-refractivity contribution < 1.29 is 38.2 Å². The van der Waals surface area contributed by atoms with Crippen LogP contribution in [0.5, 0.6) is 0 Å². The lowest BCUT2D eigenvalue weighted by molar-refractivity contribution is -0.148. The Morgan fingerprint density at radius 2 is 1.66 bits per heavy atom. The second-order valence-electron chi connectivity index (χ2n) is 10.8. The highest BCUT2D eigenvalue weighted by molar-refractivity contribution is 6.09. The standard InChI is InChI=1S/C31H41N5O8/c1-4-43-30(40)20-9-8-14-36(19-20)27-21-10-6-7-11-23(21)33-26(25(27)28(32)38)22(12-13-24(37)42-3)29(39)34-15-17-35(18-16-34)31(41)44-5-2/h6-7,10-11,20,22H,4-5,8-9,12-19H2,1-3H3,(H2,32,38). The molecule has 44 heavy (non-hydrogen) atoms. The third-order valence-electron chi connectivity index (χ3n) is 8.11. The smallest absolute Gasteiger partial charge is 0.409 e. The maximum Gasteiger partial charge on any atom is 0.409 e. The summed E-state index contributed by atoms with van der Waals surface area (Å²) in [5.41, 5.74) is 7.37. The van der Waals surface area contributed by atoms with Crippen LogP contribution >= 0.6 is 0 Å². The van der Waals surface area contributed by atoms with Crippen LogP contribution in [0.25, 0.3) is 10.9 Å². The lowest BCUT2D eigenvalue weighted by Gasteiger charge is -2.37. The van der Waals surface area contributed by atoms with Gasteiger partial charge in [0.25, 0.3) is 5.91 Å². The fourth-order valence-electron chi connectivity index (χ4n) is 5.96. The van der Waals surface area contributed by atoms with Crippen molar-refractivity contribution in [2.24, 2.45) is 11.7 Å². The first-order valence-corrected chi connectivity index (χ1v) is 15.1. The number of anilines is 1. The van der Waals surface area contributed by atoms with Crippen molar-refractivity contribution in [3.63, 3.8) is 0 Å². The number of para-hydroxylation sites is 1. The second kappa shape index (κ2) is 14.8. The number of nitrogens with zero attached hydrogens (tertiary/aromatic N) is 4. The molecule has 4 rings (SSSR count). The molecule has 2 saturated heterocycles. The Morgan fingerprint density at radius 1 is 0.977 bits per heavy atom. The van der Waals surface area contributed by atoms with E-state index in [-0.39, 0.29) is 75.4 Å². The average molecular weight is 612 g/mol. The van der Waals surface area contributed by atoms with E-state index in [9.17, 15) is 24.0 Å². The highest BCUT2D eigenvalue weighted by Crippen LogP contribution is 2.39. The number of hydrogen-bond acceptors (Lipinski definition) is 10. The van der Waals surface area contributed by atoms with Crippen molar-refractivity contribution in [3.05, 3.63) is 35.5 Å². The van der Waals surface area contributed by atoms with Gasteiger partial charge in [0.15, 0.2) is 0 Å². The van der Waals surface area contributed by atoms with Crippen molar-refractivity contribution >= 4 is 46.4 Å². The number of aromatic nitrogens is 1. The summed E-state index contributed by atoms with van der Waals surface area (Å²) < 4.78 is 15.3. The van der Waals surface area contributed by atoms with E-state index in [1.54, 1.807) is 24.8 Å². The molecule has 0 bridgehead atoms. The quantitative estimate of drug-likeness (QED) is 0.312. The maximum absolute atomic E-state index is 14.2. The first kappa shape index (κ1) is 32.5. The molecule has 13 heteroatoms. The molecule has 2 aromatic rings. The SMILES string of the molecule is CCOC(=O)C1CCCN(c2c(C(N)=O)c(C(CCC(=O)OC)C(=O)N3CCN(C(=O)OCC)CC3)nc3ccccc23)C1. The Labute approximate surface area is 256 Å². The van der Waals surface area contributed by atoms with Crippen LogP contribution < -0.4 is 10.6 Å². The maximum atomic E-state index is 14.2. The van der Waals surface area contributed by atoms with Gasteiger partial charge >= 0.3 is 18.0 Å². The molecule has 0 saturated carbocycles. The molecule has 1 aromatic heterocycles. The van der Waals surface area contributed by atoms with Crippen molar-refractivity contribution in [1.29, 1.82) is 0 Å². The van der Waals surface area contributed by atoms with Gasteiger partial charge in [-0.25, -0.2) is 4.79 Å². The number of primary amides is 1. The molecule has 13 nitrogen and oxygen atoms in total. The van der Waals surface area contributed by atoms with Gasteiger partial charge in [-0.2, -0.15) is 0 Å². The molecule has 2 fully saturated rings. The van der Waals surface area contributed by atoms with Gasteiger partial charge in [-0.05, 0) is 39.2 Å². The molecule has 3 heterocycles. The lowest BCUT2D eigenvalue weighted by Crippen LogP contribution is -2.52. The zero-order valence-corrected chi connectivity index (χ0v) is 25.6. The Kier molecular flexibility index (Phi) is 11.0. The molecular weight excluding hydrogens is 570 g/mol. The molecule has 2 N–H and O–H groups in total. The number of piperazine rings is 1. The summed E-state index contributed by atoms with van der Waals surface area (Å²) >= 11 is 0. The summed E-state index contributed by atoms with van der Waals surface area (Å²) in [6.45, 7) is 5.90. The average Bonchev–Trinajstić information content (AvgIpc) is 3.04. The van der Waals surface area contributed by atoms with E-state index >= 15 is 0 Å². The van der Waals surface area contributed by atoms with Crippen LogP contribution in [0.3, 0.4) is 0 Å². The third-order valence-corrected chi connectivity index (χ3v) is 8.11. The van der Waals surface area contributed by atoms with Crippen molar-refractivity contribution in [1.82, 2.24) is 14.8 Å². The van der Waals surface area contributed by atoms with Crippen LogP contribution in [0, 0.1) is 5.92 Å². The number of methoxy groups -OCH3 is 1. The third kappa shape index (κ3) is 7.20. The van der Waals surface area contributed by atoms with Gasteiger partial charge in [0.2, 0.25) is 5.91 Å². The molecular formula is C31H41N5O8. The number of nitrogens with two attached hydrogens (primary N) is 1. The Hall–Kier alpha value is -4.42. The fraction of sp³-hybridized carbons (Fsp3) is 0.548. The fourth-order valence-corrected chi connectivity index (χ4v) is 5.96. The highest BCUT2D eigenvalue weighted by atomic mass is 16.6. The normalized spacial score (nSPS) is 17.6. The predicted molar refractivity (Wildman–Crippen MR) is 161 cm³/mol. The van der Waals surface area contributed by atoms with Gasteiger partial charge in [0.1, 0.15) is 0 Å². The van der Waals surface area contributed by atoms with Gasteiger partial charge in [0, 0.05) is 51.1 Å². The molecule has 3 amide bonds. The second-order valence-corrected chi connectivity index (χ2v) is 10.8. The zero-order chi connectivity index (χ0) is 31.8. The van der Waals surface area contributed by atoms with E-state index in [1.807, 2.05) is 23.1 Å². The van der Waals surface area contributed by atoms with Gasteiger partial charge in [-0.15, -0.1) is 0 Å². The number of hydrogen-bond donors (Lipinski definition) is 1. The van der Waals surface area contributed by atoms with E-state index in [0.29, 0.717) is 42.5 Å². The number of esters is 2. The van der Waals surface area contributed by atoms with Crippen LogP contribution in [-0.2, 0) is 28.6 Å². The van der Waals surface area contributed by atoms with E-state index in [1.165, 1.54) is 12.0 Å². The molecule has 0 radical (unpaired) electrons. The summed E-state index contributed by atoms with van der Waals surface area (Å²) in [6, 6.07) is 7.26. The largest absolute Gasteiger partial charge is 0.469 e. The highest BCUT2D eigenvalue weighted by Gasteiger charge is 2.37. The summed E-state index contributed by atoms with van der Waals surface area (Å²) in [6.07, 6.45) is 0.825. The molecule has 1 aromatic carbocycles. The summed E-state index contributed by atoms with van der Waals surface area (Å²) in [4.78, 5) is 74.6. The number of carbonyl (C=O) groups excluding carboxylic acids is 5. The Balaban J connectivity index is 1.78. The van der Waals surface area contributed by atoms with Crippen LogP contribution in [0.1, 0.15) is 61.5 Å². The van der Waals surface area contributed by atoms with Gasteiger partial charge in [-0.3, -0.25) is 24.2 Å². The molecule has 0 aliphatic carbocycles. The topological polar surface area (TPSA) is 162 Å². The van der Waals surface area contributed by atoms with Crippen LogP contribution in [0.2, 0.25) is 0 Å². The lowest BCUT2D eigenvalue weighted by atomic mass is 9.89. The van der Waals surface area contributed by atoms with Gasteiger partial charge in [0.05, 0.1) is 54.6 Å². The number of benzene rings is 1. The number of amides is 3. The van der Waals surface area contributed by atoms with Crippen LogP contribution in [-0.4, -0.2) is 104 Å². The monoisotopic (exact) mass is 611 g/mol. The number of piperidine rings is 1. The zero-order valence-electron chi connectivity index (χ0n) is 25.6. The van der Waals surface area contributed by atoms with E-state index in [4.69, 9.17) is 24.9 Å². The molecule has 238 valence electrons. The molecule has 2 aliphatic heterocycles. The number of ether oxygens (including phenoxy) is 3.